The molecule has 116 valence electrons. The molecule has 8 nitrogen and oxygen atoms in total. The Morgan fingerprint density at radius 3 is 2.95 bits per heavy atom. The molecule has 1 aromatic rings. The Morgan fingerprint density at radius 1 is 1.62 bits per heavy atom. The Bertz CT molecular complexity index is 547. The second-order valence-electron chi connectivity index (χ2n) is 4.72. The molecule has 0 bridgehead atoms. The van der Waals surface area contributed by atoms with Crippen LogP contribution in [0.15, 0.2) is 4.99 Å². The lowest BCUT2D eigenvalue weighted by Gasteiger charge is -2.24. The summed E-state index contributed by atoms with van der Waals surface area (Å²) in [6.45, 7) is 2.52. The monoisotopic (exact) mass is 296 g/mol. The highest BCUT2D eigenvalue weighted by atomic mass is 16.5. The number of rotatable bonds is 3. The first-order valence-corrected chi connectivity index (χ1v) is 6.92. The van der Waals surface area contributed by atoms with E-state index in [1.165, 1.54) is 7.11 Å². The van der Waals surface area contributed by atoms with Crippen LogP contribution in [-0.4, -0.2) is 40.5 Å². The van der Waals surface area contributed by atoms with Crippen LogP contribution in [0.1, 0.15) is 48.6 Å². The number of nitrogens with two attached hydrogens (primary N) is 1. The van der Waals surface area contributed by atoms with Crippen molar-refractivity contribution in [1.29, 1.82) is 0 Å². The van der Waals surface area contributed by atoms with Crippen molar-refractivity contribution >= 4 is 11.9 Å². The van der Waals surface area contributed by atoms with Gasteiger partial charge in [0.15, 0.2) is 17.7 Å². The fraction of sp³-hybridized carbons (Fsp3) is 0.615. The molecule has 2 rings (SSSR count). The van der Waals surface area contributed by atoms with Gasteiger partial charge in [-0.3, -0.25) is 4.79 Å². The maximum Gasteiger partial charge on any atom is 0.305 e. The molecule has 1 aromatic heterocycles. The van der Waals surface area contributed by atoms with Gasteiger partial charge in [-0.25, -0.2) is 4.68 Å². The third kappa shape index (κ3) is 3.15. The van der Waals surface area contributed by atoms with E-state index >= 15 is 0 Å². The molecule has 8 heteroatoms. The molecule has 21 heavy (non-hydrogen) atoms. The molecule has 0 aliphatic carbocycles. The van der Waals surface area contributed by atoms with E-state index in [0.29, 0.717) is 18.7 Å². The Balaban J connectivity index is 2.35. The van der Waals surface area contributed by atoms with E-state index in [0.717, 1.165) is 19.3 Å². The zero-order valence-electron chi connectivity index (χ0n) is 12.2. The molecule has 1 atom stereocenters. The maximum atomic E-state index is 12.0. The largest absolute Gasteiger partial charge is 0.504 e. The fourth-order valence-corrected chi connectivity index (χ4v) is 2.29. The van der Waals surface area contributed by atoms with Gasteiger partial charge >= 0.3 is 5.91 Å². The number of carbonyl (C=O) groups excluding carboxylic acids is 1. The number of nitrogens with zero attached hydrogens (tertiary/aromatic N) is 3. The Kier molecular flexibility index (Phi) is 4.79. The van der Waals surface area contributed by atoms with Crippen LogP contribution in [0.2, 0.25) is 0 Å². The summed E-state index contributed by atoms with van der Waals surface area (Å²) >= 11 is 0. The zero-order chi connectivity index (χ0) is 15.4. The number of aromatic nitrogens is 2. The van der Waals surface area contributed by atoms with Crippen molar-refractivity contribution in [2.45, 2.75) is 38.8 Å². The van der Waals surface area contributed by atoms with Crippen LogP contribution < -0.4 is 5.73 Å². The highest BCUT2D eigenvalue weighted by molar-refractivity contribution is 6.01. The molecule has 0 saturated carbocycles. The minimum Gasteiger partial charge on any atom is -0.504 e. The van der Waals surface area contributed by atoms with Crippen molar-refractivity contribution in [3.8, 4) is 5.75 Å². The number of aliphatic imine (C=N–C) groups is 1. The quantitative estimate of drug-likeness (QED) is 0.634. The number of aromatic hydroxyl groups is 1. The number of hydrogen-bond donors (Lipinski definition) is 2. The summed E-state index contributed by atoms with van der Waals surface area (Å²) in [6, 6.07) is -0.277. The molecule has 3 N–H and O–H groups in total. The second kappa shape index (κ2) is 6.57. The summed E-state index contributed by atoms with van der Waals surface area (Å²) < 4.78 is 11.8. The molecule has 0 radical (unpaired) electrons. The van der Waals surface area contributed by atoms with Gasteiger partial charge in [0.25, 0.3) is 6.02 Å². The standard InChI is InChI=1S/C13H20N4O4/c1-3-8-11(18)10(12(19)15-13(14)20-2)16-17(8)9-6-4-5-7-21-9/h9,18H,3-7H2,1-2H3,(H2,14,15,19). The van der Waals surface area contributed by atoms with Crippen molar-refractivity contribution in [3.05, 3.63) is 11.4 Å². The molecule has 0 spiro atoms. The van der Waals surface area contributed by atoms with Crippen LogP contribution in [0.4, 0.5) is 0 Å². The van der Waals surface area contributed by atoms with Gasteiger partial charge < -0.3 is 20.3 Å². The highest BCUT2D eigenvalue weighted by Gasteiger charge is 2.27. The first-order valence-electron chi connectivity index (χ1n) is 6.92. The fourth-order valence-electron chi connectivity index (χ4n) is 2.29. The van der Waals surface area contributed by atoms with E-state index in [2.05, 4.69) is 14.8 Å². The van der Waals surface area contributed by atoms with Crippen molar-refractivity contribution in [3.63, 3.8) is 0 Å². The number of amidine groups is 1. The summed E-state index contributed by atoms with van der Waals surface area (Å²) in [5, 5.41) is 14.4. The van der Waals surface area contributed by atoms with Gasteiger partial charge in [0.05, 0.1) is 12.8 Å². The molecule has 1 fully saturated rings. The Labute approximate surface area is 122 Å². The van der Waals surface area contributed by atoms with E-state index in [-0.39, 0.29) is 23.7 Å². The van der Waals surface area contributed by atoms with Gasteiger partial charge in [-0.05, 0) is 25.7 Å². The van der Waals surface area contributed by atoms with Crippen LogP contribution in [-0.2, 0) is 15.9 Å². The predicted molar refractivity (Wildman–Crippen MR) is 75.1 cm³/mol. The first kappa shape index (κ1) is 15.3. The first-order chi connectivity index (χ1) is 10.1. The van der Waals surface area contributed by atoms with Crippen molar-refractivity contribution < 1.29 is 19.4 Å². The predicted octanol–water partition coefficient (Wildman–Crippen LogP) is 0.951. The van der Waals surface area contributed by atoms with Crippen molar-refractivity contribution in [2.75, 3.05) is 13.7 Å². The van der Waals surface area contributed by atoms with Crippen molar-refractivity contribution in [1.82, 2.24) is 9.78 Å². The van der Waals surface area contributed by atoms with Gasteiger partial charge in [0.2, 0.25) is 0 Å². The summed E-state index contributed by atoms with van der Waals surface area (Å²) in [4.78, 5) is 15.5. The summed E-state index contributed by atoms with van der Waals surface area (Å²) in [6.07, 6.45) is 3.09. The molecule has 2 heterocycles. The molecule has 1 amide bonds. The normalized spacial score (nSPS) is 19.5. The molecule has 1 aliphatic rings. The zero-order valence-corrected chi connectivity index (χ0v) is 12.2. The van der Waals surface area contributed by atoms with E-state index in [4.69, 9.17) is 10.5 Å². The van der Waals surface area contributed by atoms with Crippen LogP contribution in [0, 0.1) is 0 Å². The minimum atomic E-state index is -0.740. The number of amides is 1. The topological polar surface area (TPSA) is 112 Å². The number of hydrogen-bond acceptors (Lipinski definition) is 5. The highest BCUT2D eigenvalue weighted by Crippen LogP contribution is 2.30. The molecule has 1 aliphatic heterocycles. The van der Waals surface area contributed by atoms with Gasteiger partial charge in [0.1, 0.15) is 0 Å². The molecule has 1 saturated heterocycles. The number of methoxy groups -OCH3 is 1. The van der Waals surface area contributed by atoms with Crippen LogP contribution in [0.5, 0.6) is 5.75 Å². The molecule has 0 aromatic carbocycles. The van der Waals surface area contributed by atoms with Crippen LogP contribution >= 0.6 is 0 Å². The summed E-state index contributed by atoms with van der Waals surface area (Å²) in [5.74, 6) is -0.916. The third-order valence-corrected chi connectivity index (χ3v) is 3.37. The van der Waals surface area contributed by atoms with Crippen molar-refractivity contribution in [2.24, 2.45) is 10.7 Å². The molecular formula is C13H20N4O4. The molecule has 1 unspecified atom stereocenters. The molecular weight excluding hydrogens is 276 g/mol. The lowest BCUT2D eigenvalue weighted by atomic mass is 10.2. The van der Waals surface area contributed by atoms with E-state index in [1.807, 2.05) is 6.92 Å². The van der Waals surface area contributed by atoms with Crippen LogP contribution in [0.25, 0.3) is 0 Å². The van der Waals surface area contributed by atoms with Gasteiger partial charge in [-0.2, -0.15) is 10.1 Å². The minimum absolute atomic E-state index is 0.138. The Hall–Kier alpha value is -2.09. The summed E-state index contributed by atoms with van der Waals surface area (Å²) in [7, 11) is 1.30. The summed E-state index contributed by atoms with van der Waals surface area (Å²) in [5.41, 5.74) is 5.76. The maximum absolute atomic E-state index is 12.0. The average molecular weight is 296 g/mol. The Morgan fingerprint density at radius 2 is 2.38 bits per heavy atom. The van der Waals surface area contributed by atoms with E-state index in [1.54, 1.807) is 4.68 Å². The lowest BCUT2D eigenvalue weighted by molar-refractivity contribution is -0.0412. The lowest BCUT2D eigenvalue weighted by Crippen LogP contribution is -2.21. The number of ether oxygens (including phenoxy) is 2. The number of carbonyl (C=O) groups is 1. The van der Waals surface area contributed by atoms with Gasteiger partial charge in [-0.1, -0.05) is 6.92 Å². The second-order valence-corrected chi connectivity index (χ2v) is 4.72. The third-order valence-electron chi connectivity index (χ3n) is 3.37. The van der Waals surface area contributed by atoms with E-state index in [9.17, 15) is 9.90 Å². The van der Waals surface area contributed by atoms with E-state index < -0.39 is 5.91 Å². The smallest absolute Gasteiger partial charge is 0.305 e. The van der Waals surface area contributed by atoms with Gasteiger partial charge in [-0.15, -0.1) is 0 Å². The SMILES string of the molecule is CCc1c(O)c(C(=O)N=C(N)OC)nn1C1CCCCO1. The van der Waals surface area contributed by atoms with Gasteiger partial charge in [0, 0.05) is 6.61 Å². The van der Waals surface area contributed by atoms with Crippen LogP contribution in [0.3, 0.4) is 0 Å². The average Bonchev–Trinajstić information content (AvgIpc) is 2.84.